The van der Waals surface area contributed by atoms with Crippen LogP contribution < -0.4 is 11.1 Å². The van der Waals surface area contributed by atoms with Crippen LogP contribution in [-0.4, -0.2) is 0 Å². The third-order valence-corrected chi connectivity index (χ3v) is 4.59. The number of nitrogens with one attached hydrogen (secondary N) is 1. The summed E-state index contributed by atoms with van der Waals surface area (Å²) in [7, 11) is 0. The molecule has 0 spiro atoms. The van der Waals surface area contributed by atoms with Gasteiger partial charge in [0.2, 0.25) is 0 Å². The average Bonchev–Trinajstić information content (AvgIpc) is 3.25. The van der Waals surface area contributed by atoms with Gasteiger partial charge in [0.1, 0.15) is 10.9 Å². The molecule has 3 N–H and O–H groups in total. The molecule has 0 aliphatic heterocycles. The quantitative estimate of drug-likeness (QED) is 0.898. The van der Waals surface area contributed by atoms with Gasteiger partial charge in [0.25, 0.3) is 0 Å². The highest BCUT2D eigenvalue weighted by Gasteiger charge is 2.31. The van der Waals surface area contributed by atoms with Crippen molar-refractivity contribution >= 4 is 22.0 Å². The molecule has 6 heteroatoms. The summed E-state index contributed by atoms with van der Waals surface area (Å²) >= 11 is 1.32. The standard InChI is InChI=1S/C15H13F2N3S/c16-10-4-1-8(5-11(10)17)7-20-15-13(9-2-3-9)14(19)12(6-18)21-15/h1,4-5,9,20H,2-3,7,19H2. The molecule has 1 fully saturated rings. The number of anilines is 2. The van der Waals surface area contributed by atoms with E-state index in [2.05, 4.69) is 11.4 Å². The molecule has 1 aromatic carbocycles. The van der Waals surface area contributed by atoms with E-state index < -0.39 is 11.6 Å². The van der Waals surface area contributed by atoms with Crippen molar-refractivity contribution in [1.82, 2.24) is 0 Å². The van der Waals surface area contributed by atoms with E-state index in [9.17, 15) is 8.78 Å². The second-order valence-electron chi connectivity index (χ2n) is 5.08. The van der Waals surface area contributed by atoms with Crippen molar-refractivity contribution in [3.63, 3.8) is 0 Å². The zero-order valence-electron chi connectivity index (χ0n) is 11.1. The van der Waals surface area contributed by atoms with E-state index in [1.165, 1.54) is 23.5 Å². The van der Waals surface area contributed by atoms with E-state index in [0.717, 1.165) is 29.5 Å². The van der Waals surface area contributed by atoms with Crippen LogP contribution in [0.2, 0.25) is 0 Å². The highest BCUT2D eigenvalue weighted by molar-refractivity contribution is 7.17. The van der Waals surface area contributed by atoms with Crippen molar-refractivity contribution in [2.75, 3.05) is 11.1 Å². The number of benzene rings is 1. The van der Waals surface area contributed by atoms with E-state index in [1.54, 1.807) is 0 Å². The smallest absolute Gasteiger partial charge is 0.159 e. The van der Waals surface area contributed by atoms with E-state index in [-0.39, 0.29) is 0 Å². The Kier molecular flexibility index (Phi) is 3.52. The Bertz CT molecular complexity index is 729. The van der Waals surface area contributed by atoms with Crippen LogP contribution in [0.1, 0.15) is 34.8 Å². The zero-order valence-corrected chi connectivity index (χ0v) is 11.9. The van der Waals surface area contributed by atoms with Crippen LogP contribution in [-0.2, 0) is 6.54 Å². The molecule has 1 aliphatic rings. The molecule has 0 radical (unpaired) electrons. The lowest BCUT2D eigenvalue weighted by Crippen LogP contribution is -2.01. The maximum atomic E-state index is 13.2. The monoisotopic (exact) mass is 305 g/mol. The van der Waals surface area contributed by atoms with Gasteiger partial charge in [-0.1, -0.05) is 6.07 Å². The number of nitriles is 1. The maximum Gasteiger partial charge on any atom is 0.159 e. The Morgan fingerprint density at radius 1 is 1.33 bits per heavy atom. The summed E-state index contributed by atoms with van der Waals surface area (Å²) in [6.45, 7) is 0.363. The van der Waals surface area contributed by atoms with Gasteiger partial charge in [-0.15, -0.1) is 11.3 Å². The molecular weight excluding hydrogens is 292 g/mol. The van der Waals surface area contributed by atoms with Crippen LogP contribution in [0.4, 0.5) is 19.5 Å². The number of rotatable bonds is 4. The van der Waals surface area contributed by atoms with Crippen LogP contribution in [0.25, 0.3) is 0 Å². The van der Waals surface area contributed by atoms with Gasteiger partial charge in [0.05, 0.1) is 10.7 Å². The largest absolute Gasteiger partial charge is 0.397 e. The second kappa shape index (κ2) is 5.34. The minimum atomic E-state index is -0.861. The second-order valence-corrected chi connectivity index (χ2v) is 6.10. The minimum absolute atomic E-state index is 0.363. The number of hydrogen-bond acceptors (Lipinski definition) is 4. The molecule has 0 unspecified atom stereocenters. The summed E-state index contributed by atoms with van der Waals surface area (Å²) in [6.07, 6.45) is 2.15. The van der Waals surface area contributed by atoms with Gasteiger partial charge in [0, 0.05) is 12.1 Å². The van der Waals surface area contributed by atoms with Gasteiger partial charge >= 0.3 is 0 Å². The fourth-order valence-corrected chi connectivity index (χ4v) is 3.28. The first-order valence-electron chi connectivity index (χ1n) is 6.60. The Balaban J connectivity index is 1.81. The van der Waals surface area contributed by atoms with Gasteiger partial charge < -0.3 is 11.1 Å². The molecule has 21 heavy (non-hydrogen) atoms. The number of hydrogen-bond donors (Lipinski definition) is 2. The number of thiophene rings is 1. The summed E-state index contributed by atoms with van der Waals surface area (Å²) in [5.74, 6) is -1.31. The molecule has 0 saturated heterocycles. The van der Waals surface area contributed by atoms with Gasteiger partial charge in [0.15, 0.2) is 11.6 Å². The van der Waals surface area contributed by atoms with Crippen molar-refractivity contribution in [3.05, 3.63) is 45.8 Å². The normalized spacial score (nSPS) is 14.0. The first-order chi connectivity index (χ1) is 10.1. The van der Waals surface area contributed by atoms with Crippen LogP contribution in [0, 0.1) is 23.0 Å². The predicted molar refractivity (Wildman–Crippen MR) is 79.1 cm³/mol. The fraction of sp³-hybridized carbons (Fsp3) is 0.267. The molecule has 2 aromatic rings. The third-order valence-electron chi connectivity index (χ3n) is 3.51. The fourth-order valence-electron chi connectivity index (χ4n) is 2.28. The van der Waals surface area contributed by atoms with Gasteiger partial charge in [-0.2, -0.15) is 5.26 Å². The lowest BCUT2D eigenvalue weighted by Gasteiger charge is -2.08. The summed E-state index contributed by atoms with van der Waals surface area (Å²) in [5, 5.41) is 13.1. The third kappa shape index (κ3) is 2.69. The summed E-state index contributed by atoms with van der Waals surface area (Å²) in [5.41, 5.74) is 8.20. The van der Waals surface area contributed by atoms with E-state index in [4.69, 9.17) is 11.0 Å². The van der Waals surface area contributed by atoms with Crippen LogP contribution >= 0.6 is 11.3 Å². The Hall–Kier alpha value is -2.13. The van der Waals surface area contributed by atoms with E-state index in [0.29, 0.717) is 28.6 Å². The summed E-state index contributed by atoms with van der Waals surface area (Å²) in [4.78, 5) is 0.504. The summed E-state index contributed by atoms with van der Waals surface area (Å²) < 4.78 is 26.1. The first-order valence-corrected chi connectivity index (χ1v) is 7.42. The molecule has 0 amide bonds. The SMILES string of the molecule is N#Cc1sc(NCc2ccc(F)c(F)c2)c(C2CC2)c1N. The van der Waals surface area contributed by atoms with Crippen LogP contribution in [0.5, 0.6) is 0 Å². The van der Waals surface area contributed by atoms with Crippen LogP contribution in [0.3, 0.4) is 0 Å². The Morgan fingerprint density at radius 2 is 2.10 bits per heavy atom. The first kappa shape index (κ1) is 13.8. The average molecular weight is 305 g/mol. The molecule has 3 rings (SSSR count). The lowest BCUT2D eigenvalue weighted by molar-refractivity contribution is 0.507. The molecule has 1 saturated carbocycles. The van der Waals surface area contributed by atoms with Crippen molar-refractivity contribution in [2.24, 2.45) is 0 Å². The minimum Gasteiger partial charge on any atom is -0.397 e. The molecule has 1 aliphatic carbocycles. The predicted octanol–water partition coefficient (Wildman–Crippen LogP) is 3.97. The molecule has 1 aromatic heterocycles. The van der Waals surface area contributed by atoms with Crippen LogP contribution in [0.15, 0.2) is 18.2 Å². The number of halogens is 2. The van der Waals surface area contributed by atoms with Gasteiger partial charge in [-0.05, 0) is 36.5 Å². The molecule has 108 valence electrons. The van der Waals surface area contributed by atoms with Gasteiger partial charge in [-0.25, -0.2) is 8.78 Å². The van der Waals surface area contributed by atoms with Crippen molar-refractivity contribution in [2.45, 2.75) is 25.3 Å². The Labute approximate surface area is 125 Å². The molecular formula is C15H13F2N3S. The maximum absolute atomic E-state index is 13.2. The molecule has 1 heterocycles. The summed E-state index contributed by atoms with van der Waals surface area (Å²) in [6, 6.07) is 5.91. The lowest BCUT2D eigenvalue weighted by atomic mass is 10.1. The topological polar surface area (TPSA) is 61.8 Å². The van der Waals surface area contributed by atoms with Crippen molar-refractivity contribution in [1.29, 1.82) is 5.26 Å². The number of nitrogen functional groups attached to an aromatic ring is 1. The van der Waals surface area contributed by atoms with Crippen molar-refractivity contribution in [3.8, 4) is 6.07 Å². The van der Waals surface area contributed by atoms with Crippen molar-refractivity contribution < 1.29 is 8.78 Å². The highest BCUT2D eigenvalue weighted by atomic mass is 32.1. The molecule has 0 bridgehead atoms. The number of nitrogens with zero attached hydrogens (tertiary/aromatic N) is 1. The number of nitrogens with two attached hydrogens (primary N) is 1. The molecule has 3 nitrogen and oxygen atoms in total. The Morgan fingerprint density at radius 3 is 2.71 bits per heavy atom. The highest BCUT2D eigenvalue weighted by Crippen LogP contribution is 2.50. The van der Waals surface area contributed by atoms with Gasteiger partial charge in [-0.3, -0.25) is 0 Å². The van der Waals surface area contributed by atoms with E-state index in [1.807, 2.05) is 0 Å². The molecule has 0 atom stereocenters. The zero-order chi connectivity index (χ0) is 15.0. The van der Waals surface area contributed by atoms with E-state index >= 15 is 0 Å².